The maximum atomic E-state index is 12.2. The van der Waals surface area contributed by atoms with Gasteiger partial charge in [0, 0.05) is 19.2 Å². The van der Waals surface area contributed by atoms with Gasteiger partial charge in [-0.15, -0.1) is 0 Å². The van der Waals surface area contributed by atoms with Crippen molar-refractivity contribution in [1.29, 1.82) is 0 Å². The Kier molecular flexibility index (Phi) is 6.95. The molecule has 4 atom stereocenters. The van der Waals surface area contributed by atoms with E-state index >= 15 is 0 Å². The summed E-state index contributed by atoms with van der Waals surface area (Å²) in [6.07, 6.45) is -3.63. The molecule has 0 saturated carbocycles. The van der Waals surface area contributed by atoms with Crippen LogP contribution in [0.15, 0.2) is 91.3 Å². The van der Waals surface area contributed by atoms with Crippen LogP contribution in [0.3, 0.4) is 0 Å². The van der Waals surface area contributed by atoms with Crippen LogP contribution in [0.25, 0.3) is 33.7 Å². The van der Waals surface area contributed by atoms with Crippen LogP contribution in [-0.4, -0.2) is 61.0 Å². The molecule has 3 heterocycles. The van der Waals surface area contributed by atoms with E-state index in [1.165, 1.54) is 17.9 Å². The van der Waals surface area contributed by atoms with Crippen molar-refractivity contribution in [2.45, 2.75) is 31.1 Å². The van der Waals surface area contributed by atoms with E-state index in [-0.39, 0.29) is 0 Å². The first-order valence-corrected chi connectivity index (χ1v) is 12.9. The van der Waals surface area contributed by atoms with E-state index in [2.05, 4.69) is 15.6 Å². The van der Waals surface area contributed by atoms with Gasteiger partial charge in [-0.3, -0.25) is 9.36 Å². The number of hydrogen-bond donors (Lipinski definition) is 4. The third-order valence-electron chi connectivity index (χ3n) is 6.97. The number of amides is 1. The largest absolute Gasteiger partial charge is 0.387 e. The van der Waals surface area contributed by atoms with Crippen LogP contribution in [0.1, 0.15) is 11.8 Å². The predicted molar refractivity (Wildman–Crippen MR) is 150 cm³/mol. The van der Waals surface area contributed by atoms with E-state index in [1.54, 1.807) is 0 Å². The summed E-state index contributed by atoms with van der Waals surface area (Å²) in [5.74, 6) is 0.416. The first kappa shape index (κ1) is 25.6. The Morgan fingerprint density at radius 3 is 2.35 bits per heavy atom. The molecule has 10 heteroatoms. The quantitative estimate of drug-likeness (QED) is 0.249. The number of anilines is 1. The molecule has 2 aromatic heterocycles. The monoisotopic (exact) mass is 536 g/mol. The number of fused-ring (bicyclic) bond motifs is 1. The Hall–Kier alpha value is -4.64. The molecule has 1 amide bonds. The molecule has 1 aliphatic heterocycles. The van der Waals surface area contributed by atoms with E-state index in [9.17, 15) is 15.0 Å². The number of aromatic nitrogens is 4. The highest BCUT2D eigenvalue weighted by molar-refractivity contribution is 5.86. The van der Waals surface area contributed by atoms with Crippen molar-refractivity contribution in [3.05, 3.63) is 96.8 Å². The second kappa shape index (κ2) is 10.9. The van der Waals surface area contributed by atoms with Crippen LogP contribution in [0.5, 0.6) is 0 Å². The van der Waals surface area contributed by atoms with E-state index in [0.717, 1.165) is 22.3 Å². The summed E-state index contributed by atoms with van der Waals surface area (Å²) in [6, 6.07) is 27.9. The zero-order valence-corrected chi connectivity index (χ0v) is 21.7. The van der Waals surface area contributed by atoms with Gasteiger partial charge in [0.1, 0.15) is 12.2 Å². The summed E-state index contributed by atoms with van der Waals surface area (Å²) >= 11 is 0. The fraction of sp³-hybridized carbons (Fsp3) is 0.200. The zero-order valence-electron chi connectivity index (χ0n) is 21.7. The zero-order chi connectivity index (χ0) is 27.6. The molecule has 0 aliphatic carbocycles. The van der Waals surface area contributed by atoms with Crippen LogP contribution in [0, 0.1) is 0 Å². The molecule has 0 spiro atoms. The standard InChI is InChI=1S/C30H28N6O4/c1-31-29(39)25-23(37)24(38)30(40-25)36-17-33-22-27(32-16-18-9-4-2-5-10-18)34-26(35-28(22)36)21-14-8-13-20(15-21)19-11-6-3-7-12-19/h2-15,17,23-25,30,37-38H,16H2,1H3,(H,31,39)(H,32,34,35)/t23-,24+,25-,30+/m0/s1. The van der Waals surface area contributed by atoms with E-state index in [0.29, 0.717) is 29.4 Å². The van der Waals surface area contributed by atoms with E-state index in [4.69, 9.17) is 14.7 Å². The van der Waals surface area contributed by atoms with Gasteiger partial charge in [-0.1, -0.05) is 78.9 Å². The van der Waals surface area contributed by atoms with E-state index in [1.807, 2.05) is 84.9 Å². The highest BCUT2D eigenvalue weighted by Gasteiger charge is 2.47. The number of nitrogens with one attached hydrogen (secondary N) is 2. The molecule has 4 N–H and O–H groups in total. The minimum atomic E-state index is -1.41. The smallest absolute Gasteiger partial charge is 0.251 e. The number of carbonyl (C=O) groups excluding carboxylic acids is 1. The molecule has 10 nitrogen and oxygen atoms in total. The minimum Gasteiger partial charge on any atom is -0.387 e. The van der Waals surface area contributed by atoms with Gasteiger partial charge in [0.05, 0.1) is 6.33 Å². The maximum Gasteiger partial charge on any atom is 0.251 e. The van der Waals surface area contributed by atoms with Crippen molar-refractivity contribution in [2.24, 2.45) is 0 Å². The van der Waals surface area contributed by atoms with Crippen molar-refractivity contribution < 1.29 is 19.7 Å². The van der Waals surface area contributed by atoms with Crippen LogP contribution in [0.4, 0.5) is 5.82 Å². The summed E-state index contributed by atoms with van der Waals surface area (Å²) in [5.41, 5.74) is 4.78. The van der Waals surface area contributed by atoms with Gasteiger partial charge in [0.25, 0.3) is 5.91 Å². The molecule has 3 aromatic carbocycles. The number of imidazole rings is 1. The highest BCUT2D eigenvalue weighted by atomic mass is 16.6. The number of ether oxygens (including phenoxy) is 1. The van der Waals surface area contributed by atoms with Crippen molar-refractivity contribution in [3.8, 4) is 22.5 Å². The summed E-state index contributed by atoms with van der Waals surface area (Å²) in [6.45, 7) is 0.503. The number of hydrogen-bond acceptors (Lipinski definition) is 8. The van der Waals surface area contributed by atoms with Crippen LogP contribution in [-0.2, 0) is 16.1 Å². The van der Waals surface area contributed by atoms with Gasteiger partial charge in [-0.05, 0) is 22.8 Å². The fourth-order valence-corrected chi connectivity index (χ4v) is 4.85. The number of rotatable bonds is 7. The first-order valence-electron chi connectivity index (χ1n) is 12.9. The summed E-state index contributed by atoms with van der Waals surface area (Å²) in [5, 5.41) is 27.2. The number of carbonyl (C=O) groups is 1. The number of benzene rings is 3. The highest BCUT2D eigenvalue weighted by Crippen LogP contribution is 2.34. The molecule has 202 valence electrons. The SMILES string of the molecule is CNC(=O)[C@H]1O[C@@H](n2cnc3c(NCc4ccccc4)nc(-c4cccc(-c5ccccc5)c4)nc32)[C@H](O)[C@@H]1O. The average Bonchev–Trinajstić information content (AvgIpc) is 3.56. The molecular formula is C30H28N6O4. The lowest BCUT2D eigenvalue weighted by molar-refractivity contribution is -0.137. The second-order valence-electron chi connectivity index (χ2n) is 9.55. The number of likely N-dealkylation sites (N-methyl/N-ethyl adjacent to an activating group) is 1. The molecule has 0 bridgehead atoms. The topological polar surface area (TPSA) is 134 Å². The first-order chi connectivity index (χ1) is 19.5. The molecule has 40 heavy (non-hydrogen) atoms. The van der Waals surface area contributed by atoms with Crippen LogP contribution in [0.2, 0.25) is 0 Å². The lowest BCUT2D eigenvalue weighted by Gasteiger charge is -2.17. The molecule has 1 fully saturated rings. The number of nitrogens with zero attached hydrogens (tertiary/aromatic N) is 4. The second-order valence-corrected chi connectivity index (χ2v) is 9.55. The van der Waals surface area contributed by atoms with Crippen molar-refractivity contribution in [2.75, 3.05) is 12.4 Å². The van der Waals surface area contributed by atoms with Crippen LogP contribution < -0.4 is 10.6 Å². The Bertz CT molecular complexity index is 1640. The lowest BCUT2D eigenvalue weighted by Crippen LogP contribution is -2.41. The molecule has 0 unspecified atom stereocenters. The third kappa shape index (κ3) is 4.79. The Balaban J connectivity index is 1.44. The predicted octanol–water partition coefficient (Wildman–Crippen LogP) is 3.14. The molecule has 6 rings (SSSR count). The van der Waals surface area contributed by atoms with Gasteiger partial charge in [-0.2, -0.15) is 0 Å². The van der Waals surface area contributed by atoms with Gasteiger partial charge in [-0.25, -0.2) is 15.0 Å². The summed E-state index contributed by atoms with van der Waals surface area (Å²) in [4.78, 5) is 26.4. The van der Waals surface area contributed by atoms with Crippen molar-refractivity contribution >= 4 is 22.9 Å². The normalized spacial score (nSPS) is 20.5. The molecular weight excluding hydrogens is 508 g/mol. The Morgan fingerprint density at radius 2 is 1.60 bits per heavy atom. The Labute approximate surface area is 230 Å². The third-order valence-corrected chi connectivity index (χ3v) is 6.97. The fourth-order valence-electron chi connectivity index (χ4n) is 4.85. The lowest BCUT2D eigenvalue weighted by atomic mass is 10.0. The molecule has 0 radical (unpaired) electrons. The summed E-state index contributed by atoms with van der Waals surface area (Å²) in [7, 11) is 1.44. The number of aliphatic hydroxyl groups is 2. The van der Waals surface area contributed by atoms with Gasteiger partial charge < -0.3 is 25.6 Å². The van der Waals surface area contributed by atoms with Crippen LogP contribution >= 0.6 is 0 Å². The average molecular weight is 537 g/mol. The van der Waals surface area contributed by atoms with Gasteiger partial charge in [0.2, 0.25) is 0 Å². The van der Waals surface area contributed by atoms with Gasteiger partial charge >= 0.3 is 0 Å². The molecule has 5 aromatic rings. The van der Waals surface area contributed by atoms with Crippen molar-refractivity contribution in [3.63, 3.8) is 0 Å². The maximum absolute atomic E-state index is 12.2. The Morgan fingerprint density at radius 1 is 0.900 bits per heavy atom. The molecule has 1 aliphatic rings. The van der Waals surface area contributed by atoms with Gasteiger partial charge in [0.15, 0.2) is 35.1 Å². The van der Waals surface area contributed by atoms with E-state index < -0.39 is 30.4 Å². The molecule has 1 saturated heterocycles. The summed E-state index contributed by atoms with van der Waals surface area (Å²) < 4.78 is 7.35. The number of aliphatic hydroxyl groups excluding tert-OH is 2. The van der Waals surface area contributed by atoms with Crippen molar-refractivity contribution in [1.82, 2.24) is 24.8 Å². The minimum absolute atomic E-state index is 0.388.